The van der Waals surface area contributed by atoms with Gasteiger partial charge in [-0.15, -0.1) is 0 Å². The van der Waals surface area contributed by atoms with Gasteiger partial charge in [-0.2, -0.15) is 0 Å². The Labute approximate surface area is 175 Å². The van der Waals surface area contributed by atoms with E-state index in [0.717, 1.165) is 42.7 Å². The summed E-state index contributed by atoms with van der Waals surface area (Å²) in [6.45, 7) is 3.48. The zero-order valence-electron chi connectivity index (χ0n) is 17.1. The van der Waals surface area contributed by atoms with E-state index >= 15 is 0 Å². The van der Waals surface area contributed by atoms with Gasteiger partial charge in [0, 0.05) is 25.7 Å². The van der Waals surface area contributed by atoms with E-state index in [4.69, 9.17) is 9.47 Å². The minimum atomic E-state index is -0.533. The summed E-state index contributed by atoms with van der Waals surface area (Å²) in [5.74, 6) is 0.818. The van der Waals surface area contributed by atoms with Gasteiger partial charge in [-0.1, -0.05) is 30.3 Å². The molecular formula is C23H29N3O4. The highest BCUT2D eigenvalue weighted by atomic mass is 16.5. The smallest absolute Gasteiger partial charge is 0.326 e. The number of β-amino-alcohol motifs (C(OH)–C–C–N with tert-alkyl or cyclic N) is 1. The Morgan fingerprint density at radius 1 is 1.03 bits per heavy atom. The van der Waals surface area contributed by atoms with Crippen molar-refractivity contribution in [2.75, 3.05) is 39.5 Å². The zero-order valence-corrected chi connectivity index (χ0v) is 17.1. The highest BCUT2D eigenvalue weighted by Crippen LogP contribution is 2.24. The second-order valence-corrected chi connectivity index (χ2v) is 7.74. The number of fused-ring (bicyclic) bond motifs is 1. The Balaban J connectivity index is 1.17. The molecule has 1 aliphatic heterocycles. The van der Waals surface area contributed by atoms with E-state index in [2.05, 4.69) is 9.88 Å². The average Bonchev–Trinajstić information content (AvgIpc) is 3.10. The molecule has 0 radical (unpaired) electrons. The number of hydrogen-bond acceptors (Lipinski definition) is 5. The molecule has 0 bridgehead atoms. The summed E-state index contributed by atoms with van der Waals surface area (Å²) in [7, 11) is 0. The highest BCUT2D eigenvalue weighted by molar-refractivity contribution is 5.75. The number of benzene rings is 2. The van der Waals surface area contributed by atoms with Crippen molar-refractivity contribution < 1.29 is 14.6 Å². The van der Waals surface area contributed by atoms with Gasteiger partial charge in [0.25, 0.3) is 0 Å². The first kappa shape index (κ1) is 20.7. The van der Waals surface area contributed by atoms with Crippen LogP contribution < -0.4 is 10.4 Å². The van der Waals surface area contributed by atoms with Crippen molar-refractivity contribution in [3.63, 3.8) is 0 Å². The molecule has 1 atom stereocenters. The maximum Gasteiger partial charge on any atom is 0.326 e. The standard InChI is InChI=1S/C23H29N3O4/c27-19(17-29-14-15-30-20-6-2-1-3-7-20)16-25-12-10-18(11-13-25)26-22-9-5-4-8-21(22)24-23(26)28/h1-9,18-19,27H,10-17H2,(H,24,28). The van der Waals surface area contributed by atoms with Crippen LogP contribution in [0.3, 0.4) is 0 Å². The molecular weight excluding hydrogens is 382 g/mol. The Morgan fingerprint density at radius 3 is 2.57 bits per heavy atom. The van der Waals surface area contributed by atoms with E-state index in [-0.39, 0.29) is 11.7 Å². The van der Waals surface area contributed by atoms with Gasteiger partial charge in [0.1, 0.15) is 12.4 Å². The number of H-pyrrole nitrogens is 1. The van der Waals surface area contributed by atoms with Crippen LogP contribution >= 0.6 is 0 Å². The van der Waals surface area contributed by atoms with Crippen molar-refractivity contribution >= 4 is 11.0 Å². The first-order valence-electron chi connectivity index (χ1n) is 10.6. The minimum Gasteiger partial charge on any atom is -0.491 e. The number of aliphatic hydroxyl groups excluding tert-OH is 1. The molecule has 0 saturated carbocycles. The van der Waals surface area contributed by atoms with Gasteiger partial charge >= 0.3 is 5.69 Å². The largest absolute Gasteiger partial charge is 0.491 e. The van der Waals surface area contributed by atoms with Crippen molar-refractivity contribution in [2.24, 2.45) is 0 Å². The number of hydrogen-bond donors (Lipinski definition) is 2. The lowest BCUT2D eigenvalue weighted by molar-refractivity contribution is 0.00327. The third kappa shape index (κ3) is 5.11. The number of nitrogens with zero attached hydrogens (tertiary/aromatic N) is 2. The Kier molecular flexibility index (Phi) is 6.84. The van der Waals surface area contributed by atoms with Crippen molar-refractivity contribution in [3.05, 3.63) is 65.1 Å². The first-order chi connectivity index (χ1) is 14.7. The number of imidazole rings is 1. The summed E-state index contributed by atoms with van der Waals surface area (Å²) in [6, 6.07) is 17.6. The lowest BCUT2D eigenvalue weighted by Gasteiger charge is -2.33. The number of aromatic amines is 1. The molecule has 1 saturated heterocycles. The van der Waals surface area contributed by atoms with Crippen LogP contribution in [0.5, 0.6) is 5.75 Å². The molecule has 0 amide bonds. The van der Waals surface area contributed by atoms with Gasteiger partial charge in [0.15, 0.2) is 0 Å². The van der Waals surface area contributed by atoms with Gasteiger partial charge in [0.2, 0.25) is 0 Å². The van der Waals surface area contributed by atoms with E-state index in [1.54, 1.807) is 0 Å². The van der Waals surface area contributed by atoms with Crippen molar-refractivity contribution in [2.45, 2.75) is 25.0 Å². The van der Waals surface area contributed by atoms with Crippen LogP contribution in [-0.2, 0) is 4.74 Å². The molecule has 0 spiro atoms. The SMILES string of the molecule is O=c1[nH]c2ccccc2n1C1CCN(CC(O)COCCOc2ccccc2)CC1. The molecule has 4 rings (SSSR count). The van der Waals surface area contributed by atoms with E-state index in [9.17, 15) is 9.90 Å². The lowest BCUT2D eigenvalue weighted by Crippen LogP contribution is -2.41. The molecule has 30 heavy (non-hydrogen) atoms. The minimum absolute atomic E-state index is 0.0409. The zero-order chi connectivity index (χ0) is 20.8. The predicted molar refractivity (Wildman–Crippen MR) is 116 cm³/mol. The third-order valence-corrected chi connectivity index (χ3v) is 5.57. The third-order valence-electron chi connectivity index (χ3n) is 5.57. The maximum atomic E-state index is 12.4. The van der Waals surface area contributed by atoms with Gasteiger partial charge < -0.3 is 24.5 Å². The molecule has 0 aliphatic carbocycles. The van der Waals surface area contributed by atoms with Gasteiger partial charge in [-0.25, -0.2) is 4.79 Å². The van der Waals surface area contributed by atoms with E-state index in [1.165, 1.54) is 0 Å². The Hall–Kier alpha value is -2.61. The van der Waals surface area contributed by atoms with Crippen LogP contribution in [0.1, 0.15) is 18.9 Å². The number of rotatable bonds is 9. The van der Waals surface area contributed by atoms with Crippen molar-refractivity contribution in [1.82, 2.24) is 14.5 Å². The number of para-hydroxylation sites is 3. The topological polar surface area (TPSA) is 79.7 Å². The molecule has 1 aliphatic rings. The van der Waals surface area contributed by atoms with Gasteiger partial charge in [0.05, 0.1) is 30.4 Å². The molecule has 1 fully saturated rings. The fourth-order valence-electron chi connectivity index (χ4n) is 4.10. The normalized spacial score (nSPS) is 16.7. The van der Waals surface area contributed by atoms with Gasteiger partial charge in [-0.05, 0) is 37.1 Å². The molecule has 1 unspecified atom stereocenters. The predicted octanol–water partition coefficient (Wildman–Crippen LogP) is 2.42. The first-order valence-corrected chi connectivity index (χ1v) is 10.6. The molecule has 2 N–H and O–H groups in total. The van der Waals surface area contributed by atoms with Crippen molar-refractivity contribution in [3.8, 4) is 5.75 Å². The Bertz CT molecular complexity index is 977. The molecule has 2 heterocycles. The number of piperidine rings is 1. The fourth-order valence-corrected chi connectivity index (χ4v) is 4.10. The van der Waals surface area contributed by atoms with Crippen LogP contribution in [0.25, 0.3) is 11.0 Å². The summed E-state index contributed by atoms with van der Waals surface area (Å²) in [4.78, 5) is 17.6. The number of aliphatic hydroxyl groups is 1. The summed E-state index contributed by atoms with van der Waals surface area (Å²) in [6.07, 6.45) is 1.25. The summed E-state index contributed by atoms with van der Waals surface area (Å²) < 4.78 is 13.0. The van der Waals surface area contributed by atoms with Crippen LogP contribution in [0, 0.1) is 0 Å². The summed E-state index contributed by atoms with van der Waals surface area (Å²) in [5, 5.41) is 10.3. The average molecular weight is 412 g/mol. The lowest BCUT2D eigenvalue weighted by atomic mass is 10.0. The summed E-state index contributed by atoms with van der Waals surface area (Å²) in [5.41, 5.74) is 1.81. The molecule has 160 valence electrons. The molecule has 2 aromatic carbocycles. The number of nitrogens with one attached hydrogen (secondary N) is 1. The fraction of sp³-hybridized carbons (Fsp3) is 0.435. The summed E-state index contributed by atoms with van der Waals surface area (Å²) >= 11 is 0. The van der Waals surface area contributed by atoms with E-state index < -0.39 is 6.10 Å². The van der Waals surface area contributed by atoms with E-state index in [1.807, 2.05) is 59.2 Å². The second-order valence-electron chi connectivity index (χ2n) is 7.74. The molecule has 7 nitrogen and oxygen atoms in total. The van der Waals surface area contributed by atoms with E-state index in [0.29, 0.717) is 26.4 Å². The molecule has 3 aromatic rings. The monoisotopic (exact) mass is 411 g/mol. The van der Waals surface area contributed by atoms with Crippen LogP contribution in [-0.4, -0.2) is 65.1 Å². The number of likely N-dealkylation sites (tertiary alicyclic amines) is 1. The quantitative estimate of drug-likeness (QED) is 0.529. The van der Waals surface area contributed by atoms with Crippen LogP contribution in [0.4, 0.5) is 0 Å². The molecule has 7 heteroatoms. The molecule has 1 aromatic heterocycles. The number of ether oxygens (including phenoxy) is 2. The second kappa shape index (κ2) is 9.93. The van der Waals surface area contributed by atoms with Crippen molar-refractivity contribution in [1.29, 1.82) is 0 Å². The van der Waals surface area contributed by atoms with Gasteiger partial charge in [-0.3, -0.25) is 4.57 Å². The number of aromatic nitrogens is 2. The Morgan fingerprint density at radius 2 is 1.77 bits per heavy atom. The highest BCUT2D eigenvalue weighted by Gasteiger charge is 2.24. The maximum absolute atomic E-state index is 12.4. The van der Waals surface area contributed by atoms with Crippen LogP contribution in [0.15, 0.2) is 59.4 Å². The van der Waals surface area contributed by atoms with Crippen LogP contribution in [0.2, 0.25) is 0 Å².